The Bertz CT molecular complexity index is 2360. The van der Waals surface area contributed by atoms with Crippen LogP contribution in [0.15, 0.2) is 109 Å². The number of hydrogen-bond donors (Lipinski definition) is 0. The zero-order valence-corrected chi connectivity index (χ0v) is 45.3. The summed E-state index contributed by atoms with van der Waals surface area (Å²) in [5, 5.41) is 0. The number of carbonyl (C=O) groups excluding carboxylic acids is 4. The Morgan fingerprint density at radius 2 is 0.917 bits per heavy atom. The second-order valence-electron chi connectivity index (χ2n) is 21.6. The van der Waals surface area contributed by atoms with E-state index in [0.717, 1.165) is 86.0 Å². The van der Waals surface area contributed by atoms with Crippen LogP contribution in [0.3, 0.4) is 0 Å². The standard InChI is InChI=1S/C60H84N6O6/c1-11-59(61(7)8,45-47-19-15-13-16-20-47)55(69)49-23-27-51(28-24-49)65-40-36-63(37-41-65)34-31-53(67)58(5,6)71-44-33-57(3,4)72-54(68)32-35-64-38-42-66(43-39-64)52-29-25-50(26-30-52)56(70)60(12-2,62(9)10)46-48-21-17-14-18-22-48/h13-30H,11-12,31-46H2,1-10H3. The number of Topliss-reactive ketones (excluding diaryl/α,β-unsaturated/α-hetero) is 3. The summed E-state index contributed by atoms with van der Waals surface area (Å²) in [6.07, 6.45) is 3.89. The van der Waals surface area contributed by atoms with Crippen molar-refractivity contribution in [3.63, 3.8) is 0 Å². The Kier molecular flexibility index (Phi) is 19.6. The Morgan fingerprint density at radius 1 is 0.528 bits per heavy atom. The number of carbonyl (C=O) groups is 4. The molecule has 2 aliphatic rings. The van der Waals surface area contributed by atoms with Gasteiger partial charge in [0, 0.05) is 101 Å². The highest BCUT2D eigenvalue weighted by molar-refractivity contribution is 6.04. The van der Waals surface area contributed by atoms with Gasteiger partial charge in [-0.25, -0.2) is 0 Å². The number of piperazine rings is 2. The molecular formula is C60H84N6O6. The van der Waals surface area contributed by atoms with E-state index in [0.29, 0.717) is 64.6 Å². The summed E-state index contributed by atoms with van der Waals surface area (Å²) in [6, 6.07) is 36.6. The van der Waals surface area contributed by atoms with Crippen LogP contribution in [0.25, 0.3) is 0 Å². The highest BCUT2D eigenvalue weighted by atomic mass is 16.6. The van der Waals surface area contributed by atoms with Crippen LogP contribution in [0.2, 0.25) is 0 Å². The molecule has 4 aromatic rings. The average Bonchev–Trinajstić information content (AvgIpc) is 3.38. The van der Waals surface area contributed by atoms with Crippen molar-refractivity contribution in [2.75, 3.05) is 110 Å². The number of nitrogens with zero attached hydrogens (tertiary/aromatic N) is 6. The minimum atomic E-state index is -0.957. The summed E-state index contributed by atoms with van der Waals surface area (Å²) in [4.78, 5) is 68.1. The number of anilines is 2. The van der Waals surface area contributed by atoms with Crippen LogP contribution in [-0.4, -0.2) is 165 Å². The normalized spacial score (nSPS) is 16.9. The van der Waals surface area contributed by atoms with Crippen molar-refractivity contribution < 1.29 is 28.7 Å². The van der Waals surface area contributed by atoms with E-state index in [9.17, 15) is 19.2 Å². The Hall–Kier alpha value is -5.24. The average molecular weight is 985 g/mol. The van der Waals surface area contributed by atoms with Crippen LogP contribution in [-0.2, 0) is 31.9 Å². The van der Waals surface area contributed by atoms with Gasteiger partial charge < -0.3 is 19.3 Å². The number of rotatable bonds is 26. The lowest BCUT2D eigenvalue weighted by Crippen LogP contribution is -2.52. The van der Waals surface area contributed by atoms with E-state index in [1.165, 1.54) is 0 Å². The smallest absolute Gasteiger partial charge is 0.307 e. The lowest BCUT2D eigenvalue weighted by atomic mass is 9.80. The summed E-state index contributed by atoms with van der Waals surface area (Å²) in [5.41, 5.74) is 2.99. The number of benzene rings is 4. The molecule has 2 unspecified atom stereocenters. The van der Waals surface area contributed by atoms with Crippen molar-refractivity contribution in [1.29, 1.82) is 0 Å². The van der Waals surface area contributed by atoms with Crippen molar-refractivity contribution >= 4 is 34.7 Å². The van der Waals surface area contributed by atoms with E-state index in [1.54, 1.807) is 0 Å². The molecule has 0 aliphatic carbocycles. The number of esters is 1. The van der Waals surface area contributed by atoms with E-state index < -0.39 is 22.3 Å². The minimum Gasteiger partial charge on any atom is -0.460 e. The second kappa shape index (κ2) is 25.1. The van der Waals surface area contributed by atoms with Gasteiger partial charge in [-0.05, 0) is 141 Å². The first kappa shape index (κ1) is 56.1. The van der Waals surface area contributed by atoms with E-state index >= 15 is 0 Å². The molecule has 2 aliphatic heterocycles. The van der Waals surface area contributed by atoms with Gasteiger partial charge in [0.15, 0.2) is 17.3 Å². The van der Waals surface area contributed by atoms with Crippen molar-refractivity contribution in [3.8, 4) is 0 Å². The second-order valence-corrected chi connectivity index (χ2v) is 21.6. The zero-order chi connectivity index (χ0) is 52.1. The molecule has 0 spiro atoms. The largest absolute Gasteiger partial charge is 0.460 e. The molecule has 0 bridgehead atoms. The molecule has 0 aromatic heterocycles. The first-order valence-electron chi connectivity index (χ1n) is 26.4. The van der Waals surface area contributed by atoms with Gasteiger partial charge in [-0.2, -0.15) is 0 Å². The van der Waals surface area contributed by atoms with Gasteiger partial charge in [0.1, 0.15) is 11.2 Å². The van der Waals surface area contributed by atoms with E-state index in [2.05, 4.69) is 91.8 Å². The monoisotopic (exact) mass is 985 g/mol. The third-order valence-corrected chi connectivity index (χ3v) is 15.7. The number of hydrogen-bond acceptors (Lipinski definition) is 12. The molecule has 4 aromatic carbocycles. The topological polar surface area (TPSA) is 106 Å². The third kappa shape index (κ3) is 14.3. The Balaban J connectivity index is 0.865. The van der Waals surface area contributed by atoms with Crippen LogP contribution < -0.4 is 9.80 Å². The quantitative estimate of drug-likeness (QED) is 0.0444. The van der Waals surface area contributed by atoms with Gasteiger partial charge in [0.05, 0.1) is 24.1 Å². The summed E-state index contributed by atoms with van der Waals surface area (Å²) in [7, 11) is 7.99. The molecule has 72 heavy (non-hydrogen) atoms. The number of ether oxygens (including phenoxy) is 2. The lowest BCUT2D eigenvalue weighted by molar-refractivity contribution is -0.161. The first-order valence-corrected chi connectivity index (χ1v) is 26.4. The molecule has 2 fully saturated rings. The van der Waals surface area contributed by atoms with Crippen molar-refractivity contribution in [3.05, 3.63) is 131 Å². The summed E-state index contributed by atoms with van der Waals surface area (Å²) < 4.78 is 12.1. The molecular weight excluding hydrogens is 901 g/mol. The maximum Gasteiger partial charge on any atom is 0.307 e. The molecule has 0 radical (unpaired) electrons. The molecule has 0 saturated carbocycles. The number of likely N-dealkylation sites (N-methyl/N-ethyl adjacent to an activating group) is 2. The van der Waals surface area contributed by atoms with E-state index in [-0.39, 0.29) is 23.3 Å². The van der Waals surface area contributed by atoms with Crippen LogP contribution >= 0.6 is 0 Å². The predicted octanol–water partition coefficient (Wildman–Crippen LogP) is 8.76. The maximum atomic E-state index is 14.1. The van der Waals surface area contributed by atoms with Crippen molar-refractivity contribution in [2.24, 2.45) is 0 Å². The lowest BCUT2D eigenvalue weighted by Gasteiger charge is -2.38. The molecule has 2 heterocycles. The molecule has 6 rings (SSSR count). The maximum absolute atomic E-state index is 14.1. The van der Waals surface area contributed by atoms with Crippen molar-refractivity contribution in [2.45, 2.75) is 109 Å². The molecule has 0 amide bonds. The summed E-state index contributed by atoms with van der Waals surface area (Å²) >= 11 is 0. The molecule has 2 atom stereocenters. The summed E-state index contributed by atoms with van der Waals surface area (Å²) in [6.45, 7) is 19.9. The predicted molar refractivity (Wildman–Crippen MR) is 292 cm³/mol. The van der Waals surface area contributed by atoms with E-state index in [1.807, 2.05) is 117 Å². The number of ketones is 3. The molecule has 2 saturated heterocycles. The van der Waals surface area contributed by atoms with Crippen molar-refractivity contribution in [1.82, 2.24) is 19.6 Å². The Labute approximate surface area is 431 Å². The fourth-order valence-electron chi connectivity index (χ4n) is 10.5. The van der Waals surface area contributed by atoms with Gasteiger partial charge in [0.25, 0.3) is 0 Å². The highest BCUT2D eigenvalue weighted by Crippen LogP contribution is 2.31. The minimum absolute atomic E-state index is 0.0536. The fourth-order valence-corrected chi connectivity index (χ4v) is 10.5. The Morgan fingerprint density at radius 3 is 1.29 bits per heavy atom. The highest BCUT2D eigenvalue weighted by Gasteiger charge is 2.41. The molecule has 390 valence electrons. The van der Waals surface area contributed by atoms with Crippen LogP contribution in [0.1, 0.15) is 105 Å². The molecule has 12 heteroatoms. The molecule has 12 nitrogen and oxygen atoms in total. The van der Waals surface area contributed by atoms with Gasteiger partial charge in [0.2, 0.25) is 0 Å². The first-order chi connectivity index (χ1) is 34.3. The third-order valence-electron chi connectivity index (χ3n) is 15.7. The van der Waals surface area contributed by atoms with Gasteiger partial charge in [-0.3, -0.25) is 38.8 Å². The molecule has 0 N–H and O–H groups in total. The summed E-state index contributed by atoms with van der Waals surface area (Å²) in [5.74, 6) is 0.0927. The fraction of sp³-hybridized carbons (Fsp3) is 0.533. The van der Waals surface area contributed by atoms with E-state index in [4.69, 9.17) is 9.47 Å². The van der Waals surface area contributed by atoms with Gasteiger partial charge in [-0.15, -0.1) is 0 Å². The van der Waals surface area contributed by atoms with Crippen LogP contribution in [0.4, 0.5) is 11.4 Å². The zero-order valence-electron chi connectivity index (χ0n) is 45.3. The van der Waals surface area contributed by atoms with Crippen LogP contribution in [0, 0.1) is 0 Å². The van der Waals surface area contributed by atoms with Gasteiger partial charge in [-0.1, -0.05) is 74.5 Å². The SMILES string of the molecule is CCC(Cc1ccccc1)(C(=O)c1ccc(N2CCN(CCC(=O)OC(C)(C)CCOC(C)(C)C(=O)CCN3CCN(c4ccc(C(=O)C(CC)(Cc5ccccc5)N(C)C)cc4)CC3)CC2)cc1)N(C)C. The van der Waals surface area contributed by atoms with Crippen LogP contribution in [0.5, 0.6) is 0 Å². The van der Waals surface area contributed by atoms with Gasteiger partial charge >= 0.3 is 5.97 Å².